The van der Waals surface area contributed by atoms with E-state index in [1.807, 2.05) is 25.1 Å². The lowest BCUT2D eigenvalue weighted by Gasteiger charge is -2.37. The van der Waals surface area contributed by atoms with Crippen LogP contribution in [0.15, 0.2) is 36.5 Å². The van der Waals surface area contributed by atoms with Crippen molar-refractivity contribution in [2.24, 2.45) is 0 Å². The predicted molar refractivity (Wildman–Crippen MR) is 118 cm³/mol. The fraction of sp³-hybridized carbons (Fsp3) is 0.350. The number of nitrogens with zero attached hydrogens (tertiary/aromatic N) is 4. The topological polar surface area (TPSA) is 48.9 Å². The van der Waals surface area contributed by atoms with Crippen LogP contribution in [0.1, 0.15) is 24.1 Å². The number of hydrogen-bond donors (Lipinski definition) is 0. The average molecular weight is 498 g/mol. The Bertz CT molecular complexity index is 858. The fourth-order valence-electron chi connectivity index (χ4n) is 2.76. The number of carbonyl (C=O) groups excluding carboxylic acids is 1. The van der Waals surface area contributed by atoms with Crippen LogP contribution in [0.2, 0.25) is 0 Å². The van der Waals surface area contributed by atoms with Crippen molar-refractivity contribution in [2.75, 3.05) is 32.2 Å². The van der Waals surface area contributed by atoms with Crippen LogP contribution in [0.25, 0.3) is 0 Å². The van der Waals surface area contributed by atoms with Gasteiger partial charge in [0.15, 0.2) is 5.75 Å². The highest BCUT2D eigenvalue weighted by Gasteiger charge is 2.20. The first-order valence-electron chi connectivity index (χ1n) is 9.08. The van der Waals surface area contributed by atoms with Gasteiger partial charge in [-0.2, -0.15) is 3.22 Å². The van der Waals surface area contributed by atoms with Gasteiger partial charge in [0, 0.05) is 37.4 Å². The first kappa shape index (κ1) is 20.7. The number of benzene rings is 1. The molecule has 6 nitrogen and oxygen atoms in total. The largest absolute Gasteiger partial charge is 0.414 e. The molecule has 1 aliphatic rings. The van der Waals surface area contributed by atoms with Gasteiger partial charge in [-0.15, -0.1) is 0 Å². The monoisotopic (exact) mass is 498 g/mol. The van der Waals surface area contributed by atoms with Crippen molar-refractivity contribution in [2.45, 2.75) is 19.8 Å². The summed E-state index contributed by atoms with van der Waals surface area (Å²) in [6.07, 6.45) is 3.53. The third-order valence-corrected chi connectivity index (χ3v) is 6.81. The summed E-state index contributed by atoms with van der Waals surface area (Å²) in [5.41, 5.74) is 2.55. The number of aryl methyl sites for hydroxylation is 1. The second-order valence-corrected chi connectivity index (χ2v) is 8.97. The molecule has 0 saturated carbocycles. The summed E-state index contributed by atoms with van der Waals surface area (Å²) in [7, 11) is 3.30. The summed E-state index contributed by atoms with van der Waals surface area (Å²) in [6.45, 7) is 3.75. The fourth-order valence-corrected chi connectivity index (χ4v) is 5.17. The number of hydrazine groups is 1. The van der Waals surface area contributed by atoms with Crippen molar-refractivity contribution in [1.82, 2.24) is 13.1 Å². The molecule has 0 unspecified atom stereocenters. The van der Waals surface area contributed by atoms with E-state index in [4.69, 9.17) is 4.74 Å². The van der Waals surface area contributed by atoms with Gasteiger partial charge >= 0.3 is 6.09 Å². The van der Waals surface area contributed by atoms with E-state index in [0.29, 0.717) is 11.4 Å². The molecule has 1 aromatic carbocycles. The molecule has 28 heavy (non-hydrogen) atoms. The molecule has 3 rings (SSSR count). The normalized spacial score (nSPS) is 15.4. The third-order valence-electron chi connectivity index (χ3n) is 4.30. The summed E-state index contributed by atoms with van der Waals surface area (Å²) in [4.78, 5) is 17.8. The van der Waals surface area contributed by atoms with E-state index < -0.39 is 27.1 Å². The zero-order valence-corrected chi connectivity index (χ0v) is 18.4. The lowest BCUT2D eigenvalue weighted by atomic mass is 10.2. The minimum absolute atomic E-state index is 0.232. The molecule has 1 fully saturated rings. The first-order chi connectivity index (χ1) is 13.5. The Morgan fingerprint density at radius 1 is 1.21 bits per heavy atom. The molecule has 1 aliphatic heterocycles. The minimum atomic E-state index is -0.547. The van der Waals surface area contributed by atoms with Crippen LogP contribution < -0.4 is 9.75 Å². The highest BCUT2D eigenvalue weighted by atomic mass is 127. The lowest BCUT2D eigenvalue weighted by Crippen LogP contribution is -2.41. The molecule has 0 N–H and O–H groups in total. The van der Waals surface area contributed by atoms with Crippen molar-refractivity contribution < 1.29 is 13.9 Å². The predicted octanol–water partition coefficient (Wildman–Crippen LogP) is 4.14. The number of rotatable bonds is 4. The smallest absolute Gasteiger partial charge is 0.408 e. The highest BCUT2D eigenvalue weighted by Crippen LogP contribution is 2.28. The molecule has 2 heterocycles. The first-order valence-corrected chi connectivity index (χ1v) is 11.3. The van der Waals surface area contributed by atoms with Crippen molar-refractivity contribution in [3.8, 4) is 5.75 Å². The maximum absolute atomic E-state index is 13.3. The van der Waals surface area contributed by atoms with Gasteiger partial charge in [0.05, 0.1) is 5.69 Å². The number of carbonyl (C=O) groups is 1. The van der Waals surface area contributed by atoms with Gasteiger partial charge < -0.3 is 9.64 Å². The standard InChI is InChI=1S/C20H24FIN4O2/c1-15-10-11-23-18(19(15)28-20(27)24(2)3)14-22-26-13-5-4-12-25(26)17-8-6-16(21)7-9-17/h6-11,14H,4-5,12-13H2,1-3H3. The zero-order chi connectivity index (χ0) is 20.1. The number of aromatic nitrogens is 1. The molecule has 1 aromatic heterocycles. The molecule has 1 saturated heterocycles. The van der Waals surface area contributed by atoms with Crippen LogP contribution in [0.3, 0.4) is 0 Å². The molecule has 8 heteroatoms. The summed E-state index contributed by atoms with van der Waals surface area (Å²) >= 11 is -0.547. The van der Waals surface area contributed by atoms with E-state index in [-0.39, 0.29) is 5.82 Å². The minimum Gasteiger partial charge on any atom is -0.408 e. The molecule has 0 spiro atoms. The van der Waals surface area contributed by atoms with Gasteiger partial charge in [-0.3, -0.25) is 9.99 Å². The lowest BCUT2D eigenvalue weighted by molar-refractivity contribution is 0.171. The number of pyridine rings is 1. The van der Waals surface area contributed by atoms with E-state index in [2.05, 4.69) is 17.2 Å². The van der Waals surface area contributed by atoms with Gasteiger partial charge in [0.25, 0.3) is 0 Å². The quantitative estimate of drug-likeness (QED) is 0.469. The van der Waals surface area contributed by atoms with Gasteiger partial charge in [-0.05, 0) is 76.7 Å². The second-order valence-electron chi connectivity index (χ2n) is 6.68. The molecule has 0 bridgehead atoms. The molecular formula is C20H24FIN4O2. The van der Waals surface area contributed by atoms with Crippen molar-refractivity contribution in [3.05, 3.63) is 53.6 Å². The van der Waals surface area contributed by atoms with Crippen LogP contribution in [0, 0.1) is 12.7 Å². The molecule has 0 aliphatic carbocycles. The van der Waals surface area contributed by atoms with Gasteiger partial charge in [-0.25, -0.2) is 9.18 Å². The molecule has 0 atom stereocenters. The van der Waals surface area contributed by atoms with Crippen LogP contribution in [0.5, 0.6) is 5.75 Å². The van der Waals surface area contributed by atoms with E-state index >= 15 is 0 Å². The maximum atomic E-state index is 13.3. The van der Waals surface area contributed by atoms with Gasteiger partial charge in [-0.1, -0.05) is 0 Å². The summed E-state index contributed by atoms with van der Waals surface area (Å²) < 4.78 is 23.2. The molecule has 0 radical (unpaired) electrons. The van der Waals surface area contributed by atoms with Crippen molar-refractivity contribution >= 4 is 36.8 Å². The number of amides is 1. The Morgan fingerprint density at radius 2 is 1.93 bits per heavy atom. The van der Waals surface area contributed by atoms with Crippen LogP contribution in [-0.2, 0) is 0 Å². The Labute approximate surface area is 175 Å². The van der Waals surface area contributed by atoms with E-state index in [9.17, 15) is 9.18 Å². The Morgan fingerprint density at radius 3 is 2.64 bits per heavy atom. The number of halogens is 2. The third kappa shape index (κ3) is 5.05. The summed E-state index contributed by atoms with van der Waals surface area (Å²) in [5.74, 6) is 0.274. The second kappa shape index (κ2) is 9.42. The zero-order valence-electron chi connectivity index (χ0n) is 16.2. The number of anilines is 1. The SMILES string of the molecule is Cc1ccnc(C=IN2CCCCN2c2ccc(F)cc2)c1OC(=O)N(C)C. The molecule has 1 amide bonds. The van der Waals surface area contributed by atoms with E-state index in [1.54, 1.807) is 20.3 Å². The van der Waals surface area contributed by atoms with Crippen molar-refractivity contribution in [3.63, 3.8) is 0 Å². The van der Waals surface area contributed by atoms with Crippen LogP contribution in [0.4, 0.5) is 14.9 Å². The van der Waals surface area contributed by atoms with E-state index in [1.165, 1.54) is 17.0 Å². The van der Waals surface area contributed by atoms with Gasteiger partial charge in [0.2, 0.25) is 0 Å². The van der Waals surface area contributed by atoms with Crippen LogP contribution >= 0.6 is 21.0 Å². The molecular weight excluding hydrogens is 474 g/mol. The Hall–Kier alpha value is -2.07. The number of hydrogen-bond acceptors (Lipinski definition) is 5. The summed E-state index contributed by atoms with van der Waals surface area (Å²) in [5, 5.41) is 2.22. The Balaban J connectivity index is 1.84. The summed E-state index contributed by atoms with van der Waals surface area (Å²) in [6, 6.07) is 8.44. The molecule has 2 aromatic rings. The highest BCUT2D eigenvalue weighted by molar-refractivity contribution is 14.2. The Kier molecular flexibility index (Phi) is 6.95. The van der Waals surface area contributed by atoms with Crippen LogP contribution in [-0.4, -0.2) is 50.4 Å². The number of ether oxygens (including phenoxy) is 1. The van der Waals surface area contributed by atoms with Gasteiger partial charge in [0.1, 0.15) is 11.5 Å². The van der Waals surface area contributed by atoms with Crippen molar-refractivity contribution in [1.29, 1.82) is 0 Å². The molecule has 150 valence electrons. The average Bonchev–Trinajstić information content (AvgIpc) is 2.69. The van der Waals surface area contributed by atoms with E-state index in [0.717, 1.165) is 37.2 Å². The maximum Gasteiger partial charge on any atom is 0.414 e.